The smallest absolute Gasteiger partial charge is 0.371 e. The lowest BCUT2D eigenvalue weighted by Gasteiger charge is -2.16. The Morgan fingerprint density at radius 2 is 1.69 bits per heavy atom. The minimum atomic E-state index is -1.52. The predicted molar refractivity (Wildman–Crippen MR) is 68.2 cm³/mol. The third-order valence-corrected chi connectivity index (χ3v) is 3.18. The molecule has 0 aliphatic carbocycles. The normalized spacial score (nSPS) is 13.0. The van der Waals surface area contributed by atoms with Crippen LogP contribution in [0.1, 0.15) is 40.0 Å². The molecule has 0 rings (SSSR count). The average Bonchev–Trinajstić information content (AvgIpc) is 2.28. The number of rotatable bonds is 11. The number of hydrogen-bond acceptors (Lipinski definition) is 3. The van der Waals surface area contributed by atoms with Crippen molar-refractivity contribution in [1.82, 2.24) is 0 Å². The zero-order valence-corrected chi connectivity index (χ0v) is 11.8. The summed E-state index contributed by atoms with van der Waals surface area (Å²) >= 11 is 0. The Kier molecular flexibility index (Phi) is 11.2. The van der Waals surface area contributed by atoms with Crippen molar-refractivity contribution in [3.63, 3.8) is 0 Å². The van der Waals surface area contributed by atoms with Crippen molar-refractivity contribution in [2.45, 2.75) is 40.0 Å². The highest BCUT2D eigenvalue weighted by Gasteiger charge is 2.19. The molecule has 0 aliphatic heterocycles. The maximum atomic E-state index is 5.67. The molecule has 1 unspecified atom stereocenters. The third kappa shape index (κ3) is 9.09. The molecule has 16 heavy (non-hydrogen) atoms. The Hall–Kier alpha value is -0.163. The summed E-state index contributed by atoms with van der Waals surface area (Å²) in [5.41, 5.74) is 0. The maximum absolute atomic E-state index is 5.67. The standard InChI is InChI=1S/C12H25O3Si/c1-5-8-12(4)11-15-16(13-9-6-2)14-10-7-3/h5,12H,1,6-11H2,2-4H3. The van der Waals surface area contributed by atoms with Gasteiger partial charge in [-0.05, 0) is 25.2 Å². The lowest BCUT2D eigenvalue weighted by Crippen LogP contribution is -2.30. The van der Waals surface area contributed by atoms with Crippen LogP contribution in [-0.4, -0.2) is 29.3 Å². The molecule has 0 N–H and O–H groups in total. The molecular weight excluding hydrogens is 220 g/mol. The Morgan fingerprint density at radius 3 is 2.12 bits per heavy atom. The first-order valence-electron chi connectivity index (χ1n) is 6.10. The van der Waals surface area contributed by atoms with Gasteiger partial charge in [-0.1, -0.05) is 26.8 Å². The Morgan fingerprint density at radius 1 is 1.12 bits per heavy atom. The van der Waals surface area contributed by atoms with E-state index in [0.717, 1.165) is 19.3 Å². The minimum absolute atomic E-state index is 0.480. The molecular formula is C12H25O3Si. The molecule has 0 saturated carbocycles. The molecule has 1 radical (unpaired) electrons. The molecule has 0 fully saturated rings. The fourth-order valence-electron chi connectivity index (χ4n) is 1.06. The summed E-state index contributed by atoms with van der Waals surface area (Å²) in [6.45, 7) is 12.1. The van der Waals surface area contributed by atoms with Crippen LogP contribution in [0.3, 0.4) is 0 Å². The molecule has 0 amide bonds. The largest absolute Gasteiger partial charge is 0.577 e. The summed E-state index contributed by atoms with van der Waals surface area (Å²) in [6.07, 6.45) is 4.88. The zero-order chi connectivity index (χ0) is 12.2. The van der Waals surface area contributed by atoms with E-state index in [1.54, 1.807) is 0 Å². The molecule has 4 heteroatoms. The van der Waals surface area contributed by atoms with Gasteiger partial charge in [0.1, 0.15) is 0 Å². The fraction of sp³-hybridized carbons (Fsp3) is 0.833. The van der Waals surface area contributed by atoms with Gasteiger partial charge in [-0.2, -0.15) is 0 Å². The van der Waals surface area contributed by atoms with E-state index in [0.29, 0.717) is 25.7 Å². The Balaban J connectivity index is 3.75. The van der Waals surface area contributed by atoms with Crippen LogP contribution in [-0.2, 0) is 13.3 Å². The van der Waals surface area contributed by atoms with Crippen molar-refractivity contribution in [2.75, 3.05) is 19.8 Å². The van der Waals surface area contributed by atoms with Crippen molar-refractivity contribution >= 4 is 9.53 Å². The first kappa shape index (κ1) is 15.8. The van der Waals surface area contributed by atoms with Gasteiger partial charge in [0, 0.05) is 19.8 Å². The van der Waals surface area contributed by atoms with E-state index < -0.39 is 9.53 Å². The van der Waals surface area contributed by atoms with Crippen LogP contribution >= 0.6 is 0 Å². The third-order valence-electron chi connectivity index (χ3n) is 1.90. The van der Waals surface area contributed by atoms with Gasteiger partial charge in [0.2, 0.25) is 0 Å². The van der Waals surface area contributed by atoms with E-state index in [1.165, 1.54) is 0 Å². The second-order valence-corrected chi connectivity index (χ2v) is 5.25. The van der Waals surface area contributed by atoms with Crippen LogP contribution in [0.2, 0.25) is 0 Å². The van der Waals surface area contributed by atoms with Crippen molar-refractivity contribution in [2.24, 2.45) is 5.92 Å². The van der Waals surface area contributed by atoms with Gasteiger partial charge < -0.3 is 13.3 Å². The number of hydrogen-bond donors (Lipinski definition) is 0. The van der Waals surface area contributed by atoms with Crippen LogP contribution in [0.25, 0.3) is 0 Å². The van der Waals surface area contributed by atoms with Gasteiger partial charge in [0.15, 0.2) is 0 Å². The molecule has 3 nitrogen and oxygen atoms in total. The average molecular weight is 245 g/mol. The Labute approximate surface area is 102 Å². The summed E-state index contributed by atoms with van der Waals surface area (Å²) in [4.78, 5) is 0. The molecule has 0 aliphatic rings. The van der Waals surface area contributed by atoms with Crippen molar-refractivity contribution in [1.29, 1.82) is 0 Å². The summed E-state index contributed by atoms with van der Waals surface area (Å²) in [7, 11) is -1.52. The van der Waals surface area contributed by atoms with Gasteiger partial charge in [0.05, 0.1) is 0 Å². The van der Waals surface area contributed by atoms with Crippen LogP contribution in [0.4, 0.5) is 0 Å². The molecule has 1 atom stereocenters. The monoisotopic (exact) mass is 245 g/mol. The highest BCUT2D eigenvalue weighted by atomic mass is 28.3. The SMILES string of the molecule is C=CCC(C)CO[Si](OCCC)OCCC. The van der Waals surface area contributed by atoms with Crippen LogP contribution < -0.4 is 0 Å². The van der Waals surface area contributed by atoms with E-state index in [2.05, 4.69) is 27.4 Å². The molecule has 0 aromatic carbocycles. The summed E-state index contributed by atoms with van der Waals surface area (Å²) in [5.74, 6) is 0.480. The first-order valence-corrected chi connectivity index (χ1v) is 7.33. The lowest BCUT2D eigenvalue weighted by molar-refractivity contribution is 0.0823. The fourth-order valence-corrected chi connectivity index (χ4v) is 2.47. The highest BCUT2D eigenvalue weighted by molar-refractivity contribution is 6.36. The van der Waals surface area contributed by atoms with E-state index in [9.17, 15) is 0 Å². The number of allylic oxidation sites excluding steroid dienone is 1. The quantitative estimate of drug-likeness (QED) is 0.413. The van der Waals surface area contributed by atoms with Crippen LogP contribution in [0, 0.1) is 5.92 Å². The second-order valence-electron chi connectivity index (χ2n) is 3.89. The van der Waals surface area contributed by atoms with E-state index in [-0.39, 0.29) is 0 Å². The van der Waals surface area contributed by atoms with Crippen molar-refractivity contribution < 1.29 is 13.3 Å². The van der Waals surface area contributed by atoms with E-state index in [4.69, 9.17) is 13.3 Å². The lowest BCUT2D eigenvalue weighted by atomic mass is 10.1. The zero-order valence-electron chi connectivity index (χ0n) is 10.8. The molecule has 0 heterocycles. The topological polar surface area (TPSA) is 27.7 Å². The Bertz CT molecular complexity index is 156. The second kappa shape index (κ2) is 11.3. The summed E-state index contributed by atoms with van der Waals surface area (Å²) in [5, 5.41) is 0. The predicted octanol–water partition coefficient (Wildman–Crippen LogP) is 3.05. The molecule has 0 bridgehead atoms. The van der Waals surface area contributed by atoms with Gasteiger partial charge in [-0.3, -0.25) is 0 Å². The van der Waals surface area contributed by atoms with Crippen molar-refractivity contribution in [3.8, 4) is 0 Å². The maximum Gasteiger partial charge on any atom is 0.577 e. The van der Waals surface area contributed by atoms with Crippen LogP contribution in [0.15, 0.2) is 12.7 Å². The molecule has 0 aromatic heterocycles. The van der Waals surface area contributed by atoms with Gasteiger partial charge >= 0.3 is 9.53 Å². The summed E-state index contributed by atoms with van der Waals surface area (Å²) < 4.78 is 16.8. The van der Waals surface area contributed by atoms with E-state index in [1.807, 2.05) is 6.08 Å². The first-order chi connectivity index (χ1) is 7.74. The van der Waals surface area contributed by atoms with Gasteiger partial charge in [-0.25, -0.2) is 0 Å². The molecule has 0 aromatic rings. The minimum Gasteiger partial charge on any atom is -0.371 e. The van der Waals surface area contributed by atoms with Gasteiger partial charge in [0.25, 0.3) is 0 Å². The van der Waals surface area contributed by atoms with E-state index >= 15 is 0 Å². The molecule has 95 valence electrons. The molecule has 0 saturated heterocycles. The molecule has 0 spiro atoms. The van der Waals surface area contributed by atoms with Crippen molar-refractivity contribution in [3.05, 3.63) is 12.7 Å². The summed E-state index contributed by atoms with van der Waals surface area (Å²) in [6, 6.07) is 0. The van der Waals surface area contributed by atoms with Gasteiger partial charge in [-0.15, -0.1) is 6.58 Å². The van der Waals surface area contributed by atoms with Crippen LogP contribution in [0.5, 0.6) is 0 Å². The highest BCUT2D eigenvalue weighted by Crippen LogP contribution is 2.05.